The lowest BCUT2D eigenvalue weighted by molar-refractivity contribution is 1.16. The van der Waals surface area contributed by atoms with Crippen molar-refractivity contribution in [3.05, 3.63) is 0 Å². The van der Waals surface area contributed by atoms with E-state index in [0.717, 1.165) is 0 Å². The minimum Gasteiger partial charge on any atom is -0.330 e. The van der Waals surface area contributed by atoms with Crippen LogP contribution in [0.4, 0.5) is 0 Å². The smallest absolute Gasteiger partial charge is 0.0434 e. The van der Waals surface area contributed by atoms with Crippen molar-refractivity contribution in [2.75, 3.05) is 12.2 Å². The number of hydrogen-bond acceptors (Lipinski definition) is 2. The fourth-order valence-corrected chi connectivity index (χ4v) is 0. The lowest BCUT2D eigenvalue weighted by Crippen LogP contribution is -1.97. The Morgan fingerprint density at radius 3 is 2.50 bits per heavy atom. The van der Waals surface area contributed by atoms with E-state index >= 15 is 0 Å². The lowest BCUT2D eigenvalue weighted by Gasteiger charge is -1.69. The Hall–Kier alpha value is 0.310. The SMILES string of the molecule is [2H]C([2H])(N)C([2H])([2H])S. The van der Waals surface area contributed by atoms with Crippen molar-refractivity contribution in [3.8, 4) is 0 Å². The summed E-state index contributed by atoms with van der Waals surface area (Å²) < 4.78 is 26.4. The van der Waals surface area contributed by atoms with Gasteiger partial charge in [0, 0.05) is 17.7 Å². The molecule has 4 heavy (non-hydrogen) atoms. The second kappa shape index (κ2) is 3.31. The van der Waals surface area contributed by atoms with Crippen LogP contribution in [0.15, 0.2) is 0 Å². The lowest BCUT2D eigenvalue weighted by atomic mass is 10.8. The summed E-state index contributed by atoms with van der Waals surface area (Å²) in [5, 5.41) is 0. The van der Waals surface area contributed by atoms with Crippen LogP contribution in [0.5, 0.6) is 0 Å². The van der Waals surface area contributed by atoms with Gasteiger partial charge in [0.1, 0.15) is 0 Å². The van der Waals surface area contributed by atoms with Gasteiger partial charge in [0.15, 0.2) is 0 Å². The molecule has 0 heterocycles. The molecule has 0 atom stereocenters. The van der Waals surface area contributed by atoms with Gasteiger partial charge in [-0.2, -0.15) is 12.6 Å². The molecule has 1 nitrogen and oxygen atoms in total. The molecule has 0 spiro atoms. The Morgan fingerprint density at radius 2 is 2.50 bits per heavy atom. The first-order chi connectivity index (χ1) is 3.25. The molecule has 0 rings (SSSR count). The van der Waals surface area contributed by atoms with Crippen LogP contribution in [0, 0.1) is 0 Å². The summed E-state index contributed by atoms with van der Waals surface area (Å²) in [7, 11) is 0. The second-order valence-corrected chi connectivity index (χ2v) is 0.480. The largest absolute Gasteiger partial charge is 0.330 e. The van der Waals surface area contributed by atoms with Crippen LogP contribution in [0.1, 0.15) is 5.48 Å². The standard InChI is InChI=1S/C2H7NS/c3-1-2-4/h4H,1-3H2/i1D2,2D2. The van der Waals surface area contributed by atoms with Crippen molar-refractivity contribution in [1.29, 1.82) is 0 Å². The normalized spacial score (nSPS) is 29.5. The Labute approximate surface area is 37.2 Å². The van der Waals surface area contributed by atoms with Gasteiger partial charge in [-0.15, -0.1) is 0 Å². The highest BCUT2D eigenvalue weighted by molar-refractivity contribution is 7.80. The summed E-state index contributed by atoms with van der Waals surface area (Å²) in [5.41, 5.74) is 2.44. The van der Waals surface area contributed by atoms with Crippen molar-refractivity contribution >= 4 is 12.6 Å². The molecule has 0 aromatic rings. The van der Waals surface area contributed by atoms with E-state index in [0.29, 0.717) is 0 Å². The van der Waals surface area contributed by atoms with Crippen LogP contribution in [0.3, 0.4) is 0 Å². The fraction of sp³-hybridized carbons (Fsp3) is 1.00. The van der Waals surface area contributed by atoms with Crippen molar-refractivity contribution in [2.24, 2.45) is 5.73 Å². The van der Waals surface area contributed by atoms with Crippen LogP contribution in [0.2, 0.25) is 0 Å². The average Bonchev–Trinajstić information content (AvgIpc) is 1.25. The Kier molecular flexibility index (Phi) is 0.731. The highest BCUT2D eigenvalue weighted by atomic mass is 32.1. The number of thiol groups is 1. The first-order valence-electron chi connectivity index (χ1n) is 2.76. The molecule has 0 bridgehead atoms. The fourth-order valence-electron chi connectivity index (χ4n) is 0. The van der Waals surface area contributed by atoms with Gasteiger partial charge in [-0.25, -0.2) is 0 Å². The Morgan fingerprint density at radius 1 is 2.25 bits per heavy atom. The molecule has 0 aromatic heterocycles. The van der Waals surface area contributed by atoms with Crippen molar-refractivity contribution < 1.29 is 5.48 Å². The first kappa shape index (κ1) is 0.884. The van der Waals surface area contributed by atoms with Crippen LogP contribution in [-0.2, 0) is 0 Å². The van der Waals surface area contributed by atoms with Gasteiger partial charge in [-0.1, -0.05) is 0 Å². The molecule has 26 valence electrons. The van der Waals surface area contributed by atoms with E-state index in [9.17, 15) is 0 Å². The molecule has 0 aliphatic heterocycles. The maximum atomic E-state index is 6.61. The zero-order valence-corrected chi connectivity index (χ0v) is 2.92. The Bertz CT molecular complexity index is 69.0. The minimum atomic E-state index is -2.36. The minimum absolute atomic E-state index is 2.26. The van der Waals surface area contributed by atoms with Gasteiger partial charge in [0.25, 0.3) is 0 Å². The van der Waals surface area contributed by atoms with E-state index in [1.54, 1.807) is 0 Å². The summed E-state index contributed by atoms with van der Waals surface area (Å²) in [6, 6.07) is 0. The molecule has 0 unspecified atom stereocenters. The van der Waals surface area contributed by atoms with E-state index in [1.165, 1.54) is 0 Å². The molecule has 0 saturated carbocycles. The maximum Gasteiger partial charge on any atom is 0.0434 e. The van der Waals surface area contributed by atoms with Gasteiger partial charge >= 0.3 is 0 Å². The zero-order chi connectivity index (χ0) is 7.00. The topological polar surface area (TPSA) is 26.0 Å². The van der Waals surface area contributed by atoms with Gasteiger partial charge in [0.2, 0.25) is 0 Å². The van der Waals surface area contributed by atoms with Gasteiger partial charge in [0.05, 0.1) is 0 Å². The van der Waals surface area contributed by atoms with Gasteiger partial charge in [-0.3, -0.25) is 0 Å². The molecule has 0 saturated heterocycles. The quantitative estimate of drug-likeness (QED) is 0.423. The molecular formula is C2H7NS. The molecular weight excluding hydrogens is 70.1 g/mol. The summed E-state index contributed by atoms with van der Waals surface area (Å²) in [6.07, 6.45) is 0. The predicted octanol–water partition coefficient (Wildman–Crippen LogP) is -0.125. The second-order valence-electron chi connectivity index (χ2n) is 0.256. The molecule has 0 aliphatic rings. The molecule has 0 fully saturated rings. The summed E-state index contributed by atoms with van der Waals surface area (Å²) >= 11 is 3.27. The van der Waals surface area contributed by atoms with E-state index < -0.39 is 12.2 Å². The van der Waals surface area contributed by atoms with Gasteiger partial charge in [-0.05, 0) is 0 Å². The Balaban J connectivity index is 4.02. The van der Waals surface area contributed by atoms with Crippen LogP contribution in [-0.4, -0.2) is 12.2 Å². The number of hydrogen-bond donors (Lipinski definition) is 2. The van der Waals surface area contributed by atoms with E-state index in [2.05, 4.69) is 12.6 Å². The third-order valence-corrected chi connectivity index (χ3v) is 0.194. The molecule has 2 heteroatoms. The third kappa shape index (κ3) is 2.31. The molecule has 2 N–H and O–H groups in total. The van der Waals surface area contributed by atoms with Crippen molar-refractivity contribution in [2.45, 2.75) is 0 Å². The van der Waals surface area contributed by atoms with E-state index in [-0.39, 0.29) is 0 Å². The predicted molar refractivity (Wildman–Crippen MR) is 22.9 cm³/mol. The van der Waals surface area contributed by atoms with Crippen molar-refractivity contribution in [3.63, 3.8) is 0 Å². The van der Waals surface area contributed by atoms with Gasteiger partial charge < -0.3 is 5.73 Å². The van der Waals surface area contributed by atoms with Crippen molar-refractivity contribution in [1.82, 2.24) is 0 Å². The average molecular weight is 81.2 g/mol. The summed E-state index contributed by atoms with van der Waals surface area (Å²) in [6.45, 7) is -2.36. The van der Waals surface area contributed by atoms with Crippen LogP contribution >= 0.6 is 12.6 Å². The third-order valence-electron chi connectivity index (χ3n) is 0.0645. The molecule has 0 amide bonds. The van der Waals surface area contributed by atoms with E-state index in [1.807, 2.05) is 0 Å². The van der Waals surface area contributed by atoms with Crippen LogP contribution in [0.25, 0.3) is 0 Å². The number of rotatable bonds is 1. The van der Waals surface area contributed by atoms with E-state index in [4.69, 9.17) is 11.2 Å². The number of nitrogens with two attached hydrogens (primary N) is 1. The summed E-state index contributed by atoms with van der Waals surface area (Å²) in [4.78, 5) is 0. The monoisotopic (exact) mass is 81.1 g/mol. The maximum absolute atomic E-state index is 6.61. The first-order valence-corrected chi connectivity index (χ1v) is 1.21. The highest BCUT2D eigenvalue weighted by Gasteiger charge is 1.56. The highest BCUT2D eigenvalue weighted by Crippen LogP contribution is 1.58. The molecule has 0 aromatic carbocycles. The van der Waals surface area contributed by atoms with Crippen LogP contribution < -0.4 is 5.73 Å². The molecule has 0 radical (unpaired) electrons. The molecule has 0 aliphatic carbocycles. The summed E-state index contributed by atoms with van der Waals surface area (Å²) in [5.74, 6) is 0. The zero-order valence-electron chi connectivity index (χ0n) is 6.02.